The lowest BCUT2D eigenvalue weighted by atomic mass is 10.2. The van der Waals surface area contributed by atoms with E-state index in [9.17, 15) is 13.2 Å². The minimum absolute atomic E-state index is 0. The maximum absolute atomic E-state index is 12.4. The van der Waals surface area contributed by atoms with Crippen molar-refractivity contribution in [1.29, 1.82) is 0 Å². The van der Waals surface area contributed by atoms with Crippen LogP contribution < -0.4 is 10.0 Å². The second-order valence-electron chi connectivity index (χ2n) is 7.03. The molecule has 0 spiro atoms. The van der Waals surface area contributed by atoms with Crippen molar-refractivity contribution >= 4 is 40.7 Å². The molecule has 0 aliphatic carbocycles. The molecule has 1 atom stereocenters. The molecule has 28 heavy (non-hydrogen) atoms. The quantitative estimate of drug-likeness (QED) is 0.672. The number of hydrogen-bond acceptors (Lipinski definition) is 5. The predicted molar refractivity (Wildman–Crippen MR) is 115 cm³/mol. The van der Waals surface area contributed by atoms with Crippen LogP contribution in [-0.4, -0.2) is 76.0 Å². The number of amides is 1. The number of carbonyl (C=O) groups excluding carboxylic acids is 1. The van der Waals surface area contributed by atoms with Gasteiger partial charge in [-0.25, -0.2) is 13.1 Å². The number of rotatable bonds is 6. The van der Waals surface area contributed by atoms with Gasteiger partial charge in [-0.15, -0.1) is 24.8 Å². The summed E-state index contributed by atoms with van der Waals surface area (Å²) in [7, 11) is -3.46. The van der Waals surface area contributed by atoms with Crippen molar-refractivity contribution in [3.63, 3.8) is 0 Å². The van der Waals surface area contributed by atoms with E-state index in [0.717, 1.165) is 38.0 Å². The maximum atomic E-state index is 12.4. The van der Waals surface area contributed by atoms with E-state index in [-0.39, 0.29) is 36.8 Å². The van der Waals surface area contributed by atoms with Crippen LogP contribution in [0, 0.1) is 6.92 Å². The van der Waals surface area contributed by atoms with Crippen LogP contribution in [0.3, 0.4) is 0 Å². The molecule has 2 aliphatic heterocycles. The van der Waals surface area contributed by atoms with Crippen LogP contribution in [0.2, 0.25) is 0 Å². The number of halogens is 2. The molecule has 1 amide bonds. The van der Waals surface area contributed by atoms with Crippen LogP contribution >= 0.6 is 24.8 Å². The Hall–Kier alpha value is -0.900. The highest BCUT2D eigenvalue weighted by Gasteiger charge is 2.29. The Morgan fingerprint density at radius 2 is 1.79 bits per heavy atom. The van der Waals surface area contributed by atoms with Crippen molar-refractivity contribution in [2.45, 2.75) is 30.7 Å². The molecule has 1 aromatic rings. The van der Waals surface area contributed by atoms with Gasteiger partial charge in [0.05, 0.1) is 10.9 Å². The topological polar surface area (TPSA) is 81.8 Å². The summed E-state index contributed by atoms with van der Waals surface area (Å²) in [4.78, 5) is 16.8. The second-order valence-corrected chi connectivity index (χ2v) is 8.79. The largest absolute Gasteiger partial charge is 0.339 e. The first-order valence-corrected chi connectivity index (χ1v) is 10.7. The molecule has 2 heterocycles. The lowest BCUT2D eigenvalue weighted by molar-refractivity contribution is -0.134. The molecule has 7 nitrogen and oxygen atoms in total. The number of hydrogen-bond donors (Lipinski definition) is 2. The van der Waals surface area contributed by atoms with Gasteiger partial charge in [-0.3, -0.25) is 9.69 Å². The molecule has 2 aliphatic rings. The molecule has 10 heteroatoms. The fourth-order valence-electron chi connectivity index (χ4n) is 3.45. The third-order valence-corrected chi connectivity index (χ3v) is 6.57. The van der Waals surface area contributed by atoms with Gasteiger partial charge in [0.25, 0.3) is 0 Å². The SMILES string of the molecule is Cc1ccc(S(=O)(=O)NCCN2CCN(C(=O)[C@@H]3CCCN3)CC2)cc1.Cl.Cl. The molecular weight excluding hydrogens is 423 g/mol. The zero-order chi connectivity index (χ0) is 18.6. The van der Waals surface area contributed by atoms with Crippen LogP contribution in [-0.2, 0) is 14.8 Å². The van der Waals surface area contributed by atoms with Crippen LogP contribution in [0.1, 0.15) is 18.4 Å². The van der Waals surface area contributed by atoms with E-state index in [4.69, 9.17) is 0 Å². The zero-order valence-corrected chi connectivity index (χ0v) is 18.5. The Labute approximate surface area is 180 Å². The zero-order valence-electron chi connectivity index (χ0n) is 16.1. The number of aryl methyl sites for hydroxylation is 1. The first kappa shape index (κ1) is 25.1. The Balaban J connectivity index is 0.00000196. The lowest BCUT2D eigenvalue weighted by Gasteiger charge is -2.35. The second kappa shape index (κ2) is 11.3. The first-order chi connectivity index (χ1) is 12.5. The molecule has 0 bridgehead atoms. The first-order valence-electron chi connectivity index (χ1n) is 9.26. The van der Waals surface area contributed by atoms with Gasteiger partial charge in [0, 0.05) is 39.3 Å². The number of sulfonamides is 1. The molecule has 1 aromatic carbocycles. The van der Waals surface area contributed by atoms with Crippen molar-refractivity contribution < 1.29 is 13.2 Å². The normalized spacial score (nSPS) is 20.3. The molecule has 2 saturated heterocycles. The maximum Gasteiger partial charge on any atom is 0.240 e. The van der Waals surface area contributed by atoms with E-state index in [1.54, 1.807) is 24.3 Å². The summed E-state index contributed by atoms with van der Waals surface area (Å²) in [5, 5.41) is 3.25. The fraction of sp³-hybridized carbons (Fsp3) is 0.611. The predicted octanol–water partition coefficient (Wildman–Crippen LogP) is 1.01. The average Bonchev–Trinajstić information content (AvgIpc) is 3.17. The Morgan fingerprint density at radius 3 is 2.36 bits per heavy atom. The van der Waals surface area contributed by atoms with Crippen molar-refractivity contribution in [3.8, 4) is 0 Å². The molecule has 0 aromatic heterocycles. The van der Waals surface area contributed by atoms with Gasteiger partial charge < -0.3 is 10.2 Å². The molecule has 160 valence electrons. The third-order valence-electron chi connectivity index (χ3n) is 5.09. The van der Waals surface area contributed by atoms with Crippen LogP contribution in [0.25, 0.3) is 0 Å². The van der Waals surface area contributed by atoms with Gasteiger partial charge in [-0.2, -0.15) is 0 Å². The number of carbonyl (C=O) groups is 1. The minimum atomic E-state index is -3.46. The number of nitrogens with zero attached hydrogens (tertiary/aromatic N) is 2. The molecule has 0 saturated carbocycles. The monoisotopic (exact) mass is 452 g/mol. The van der Waals surface area contributed by atoms with Gasteiger partial charge in [-0.1, -0.05) is 17.7 Å². The molecule has 0 unspecified atom stereocenters. The minimum Gasteiger partial charge on any atom is -0.339 e. The standard InChI is InChI=1S/C18H28N4O3S.2ClH/c1-15-4-6-16(7-5-15)26(24,25)20-9-10-21-11-13-22(14-12-21)18(23)17-3-2-8-19-17;;/h4-7,17,19-20H,2-3,8-14H2,1H3;2*1H/t17-;;/m0../s1. The summed E-state index contributed by atoms with van der Waals surface area (Å²) >= 11 is 0. The summed E-state index contributed by atoms with van der Waals surface area (Å²) in [5.74, 6) is 0.210. The van der Waals surface area contributed by atoms with Gasteiger partial charge in [0.15, 0.2) is 0 Å². The average molecular weight is 453 g/mol. The van der Waals surface area contributed by atoms with E-state index < -0.39 is 10.0 Å². The lowest BCUT2D eigenvalue weighted by Crippen LogP contribution is -2.53. The summed E-state index contributed by atoms with van der Waals surface area (Å²) in [6, 6.07) is 6.83. The van der Waals surface area contributed by atoms with Gasteiger partial charge in [0.1, 0.15) is 0 Å². The van der Waals surface area contributed by atoms with Crippen molar-refractivity contribution in [2.24, 2.45) is 0 Å². The Morgan fingerprint density at radius 1 is 1.14 bits per heavy atom. The van der Waals surface area contributed by atoms with E-state index in [1.807, 2.05) is 11.8 Å². The van der Waals surface area contributed by atoms with Gasteiger partial charge >= 0.3 is 0 Å². The molecule has 3 rings (SSSR count). The highest BCUT2D eigenvalue weighted by molar-refractivity contribution is 7.89. The molecule has 2 N–H and O–H groups in total. The van der Waals surface area contributed by atoms with Gasteiger partial charge in [0.2, 0.25) is 15.9 Å². The summed E-state index contributed by atoms with van der Waals surface area (Å²) in [5.41, 5.74) is 1.03. The fourth-order valence-corrected chi connectivity index (χ4v) is 4.47. The van der Waals surface area contributed by atoms with E-state index in [1.165, 1.54) is 0 Å². The highest BCUT2D eigenvalue weighted by atomic mass is 35.5. The van der Waals surface area contributed by atoms with Crippen molar-refractivity contribution in [1.82, 2.24) is 19.8 Å². The number of benzene rings is 1. The van der Waals surface area contributed by atoms with E-state index in [2.05, 4.69) is 14.9 Å². The molecule has 0 radical (unpaired) electrons. The van der Waals surface area contributed by atoms with Gasteiger partial charge in [-0.05, 0) is 38.4 Å². The number of piperazine rings is 1. The van der Waals surface area contributed by atoms with Crippen molar-refractivity contribution in [3.05, 3.63) is 29.8 Å². The summed E-state index contributed by atoms with van der Waals surface area (Å²) < 4.78 is 27.2. The Kier molecular flexibility index (Phi) is 10.2. The smallest absolute Gasteiger partial charge is 0.240 e. The summed E-state index contributed by atoms with van der Waals surface area (Å²) in [6.45, 7) is 6.86. The molecular formula is C18H30Cl2N4O3S. The van der Waals surface area contributed by atoms with E-state index >= 15 is 0 Å². The Bertz CT molecular complexity index is 717. The van der Waals surface area contributed by atoms with E-state index in [0.29, 0.717) is 31.1 Å². The third kappa shape index (κ3) is 6.57. The van der Waals surface area contributed by atoms with Crippen LogP contribution in [0.5, 0.6) is 0 Å². The van der Waals surface area contributed by atoms with Crippen molar-refractivity contribution in [2.75, 3.05) is 45.8 Å². The number of nitrogens with one attached hydrogen (secondary N) is 2. The van der Waals surface area contributed by atoms with Crippen LogP contribution in [0.4, 0.5) is 0 Å². The summed E-state index contributed by atoms with van der Waals surface area (Å²) in [6.07, 6.45) is 2.00. The highest BCUT2D eigenvalue weighted by Crippen LogP contribution is 2.12. The van der Waals surface area contributed by atoms with Crippen LogP contribution in [0.15, 0.2) is 29.2 Å². The molecule has 2 fully saturated rings.